The molecule has 128 valence electrons. The summed E-state index contributed by atoms with van der Waals surface area (Å²) in [7, 11) is 0. The number of hydrogen-bond donors (Lipinski definition) is 0. The fourth-order valence-electron chi connectivity index (χ4n) is 2.31. The van der Waals surface area contributed by atoms with Gasteiger partial charge in [-0.2, -0.15) is 0 Å². The number of rotatable bonds is 6. The van der Waals surface area contributed by atoms with Crippen LogP contribution in [0.2, 0.25) is 0 Å². The van der Waals surface area contributed by atoms with Gasteiger partial charge in [-0.3, -0.25) is 4.57 Å². The van der Waals surface area contributed by atoms with Gasteiger partial charge < -0.3 is 0 Å². The zero-order valence-electron chi connectivity index (χ0n) is 13.1. The lowest BCUT2D eigenvalue weighted by Crippen LogP contribution is -2.02. The highest BCUT2D eigenvalue weighted by atomic mass is 32.2. The molecule has 3 aromatic rings. The monoisotopic (exact) mass is 361 g/mol. The first-order chi connectivity index (χ1) is 12.1. The summed E-state index contributed by atoms with van der Waals surface area (Å²) in [5.74, 6) is -1.01. The first-order valence-corrected chi connectivity index (χ1v) is 8.44. The largest absolute Gasteiger partial charge is 0.298 e. The molecule has 0 aliphatic heterocycles. The zero-order valence-corrected chi connectivity index (χ0v) is 13.9. The number of benzene rings is 2. The molecule has 0 radical (unpaired) electrons. The van der Waals surface area contributed by atoms with Crippen LogP contribution < -0.4 is 0 Å². The minimum atomic E-state index is -0.622. The maximum absolute atomic E-state index is 14.0. The van der Waals surface area contributed by atoms with Gasteiger partial charge in [-0.05, 0) is 23.8 Å². The van der Waals surface area contributed by atoms with E-state index in [0.29, 0.717) is 28.7 Å². The molecule has 0 aliphatic carbocycles. The summed E-state index contributed by atoms with van der Waals surface area (Å²) in [4.78, 5) is 0. The van der Waals surface area contributed by atoms with Crippen molar-refractivity contribution in [1.29, 1.82) is 0 Å². The Morgan fingerprint density at radius 2 is 1.84 bits per heavy atom. The molecule has 0 unspecified atom stereocenters. The number of halogens is 3. The van der Waals surface area contributed by atoms with Gasteiger partial charge in [0.15, 0.2) is 11.0 Å². The zero-order chi connectivity index (χ0) is 17.8. The Morgan fingerprint density at radius 1 is 1.04 bits per heavy atom. The van der Waals surface area contributed by atoms with E-state index in [0.717, 1.165) is 6.07 Å². The number of thioether (sulfide) groups is 1. The maximum atomic E-state index is 14.0. The molecule has 0 amide bonds. The second-order valence-electron chi connectivity index (χ2n) is 5.21. The number of hydrogen-bond acceptors (Lipinski definition) is 3. The third-order valence-corrected chi connectivity index (χ3v) is 4.53. The molecular formula is C18H14F3N3S. The van der Waals surface area contributed by atoms with Gasteiger partial charge in [0.2, 0.25) is 0 Å². The van der Waals surface area contributed by atoms with Crippen molar-refractivity contribution < 1.29 is 13.2 Å². The number of allylic oxidation sites excluding steroid dienone is 1. The summed E-state index contributed by atoms with van der Waals surface area (Å²) in [5.41, 5.74) is 0.684. The smallest absolute Gasteiger partial charge is 0.192 e. The Kier molecular flexibility index (Phi) is 5.23. The molecule has 0 atom stereocenters. The Morgan fingerprint density at radius 3 is 2.56 bits per heavy atom. The fourth-order valence-corrected chi connectivity index (χ4v) is 3.25. The molecule has 1 aromatic heterocycles. The van der Waals surface area contributed by atoms with Crippen LogP contribution in [0.1, 0.15) is 5.56 Å². The highest BCUT2D eigenvalue weighted by Crippen LogP contribution is 2.28. The van der Waals surface area contributed by atoms with Crippen LogP contribution in [0.25, 0.3) is 11.4 Å². The molecule has 2 aromatic carbocycles. The summed E-state index contributed by atoms with van der Waals surface area (Å²) in [5, 5.41) is 8.65. The quantitative estimate of drug-likeness (QED) is 0.465. The average molecular weight is 361 g/mol. The van der Waals surface area contributed by atoms with E-state index in [1.807, 2.05) is 0 Å². The van der Waals surface area contributed by atoms with E-state index in [9.17, 15) is 13.2 Å². The van der Waals surface area contributed by atoms with Crippen molar-refractivity contribution in [3.8, 4) is 11.4 Å². The van der Waals surface area contributed by atoms with Crippen LogP contribution >= 0.6 is 11.8 Å². The lowest BCUT2D eigenvalue weighted by molar-refractivity contribution is 0.576. The van der Waals surface area contributed by atoms with Gasteiger partial charge in [-0.25, -0.2) is 13.2 Å². The normalized spacial score (nSPS) is 10.8. The number of nitrogens with zero attached hydrogens (tertiary/aromatic N) is 3. The highest BCUT2D eigenvalue weighted by Gasteiger charge is 2.17. The second kappa shape index (κ2) is 7.57. The van der Waals surface area contributed by atoms with Gasteiger partial charge in [-0.15, -0.1) is 16.8 Å². The van der Waals surface area contributed by atoms with Crippen molar-refractivity contribution in [2.75, 3.05) is 0 Å². The van der Waals surface area contributed by atoms with Gasteiger partial charge in [0.1, 0.15) is 17.5 Å². The van der Waals surface area contributed by atoms with Crippen LogP contribution in [0.4, 0.5) is 13.2 Å². The molecule has 3 rings (SSSR count). The van der Waals surface area contributed by atoms with Crippen molar-refractivity contribution in [3.63, 3.8) is 0 Å². The second-order valence-corrected chi connectivity index (χ2v) is 6.15. The molecule has 0 saturated carbocycles. The van der Waals surface area contributed by atoms with Crippen molar-refractivity contribution >= 4 is 11.8 Å². The molecule has 7 heteroatoms. The predicted molar refractivity (Wildman–Crippen MR) is 91.5 cm³/mol. The van der Waals surface area contributed by atoms with Gasteiger partial charge in [0.25, 0.3) is 0 Å². The van der Waals surface area contributed by atoms with Crippen molar-refractivity contribution in [2.45, 2.75) is 17.5 Å². The Hall–Kier alpha value is -2.54. The van der Waals surface area contributed by atoms with Crippen LogP contribution in [-0.4, -0.2) is 14.8 Å². The van der Waals surface area contributed by atoms with Gasteiger partial charge in [0, 0.05) is 18.4 Å². The van der Waals surface area contributed by atoms with Gasteiger partial charge in [-0.1, -0.05) is 36.0 Å². The molecule has 25 heavy (non-hydrogen) atoms. The third kappa shape index (κ3) is 3.76. The van der Waals surface area contributed by atoms with E-state index in [4.69, 9.17) is 0 Å². The summed E-state index contributed by atoms with van der Waals surface area (Å²) in [6.45, 7) is 4.07. The molecule has 0 spiro atoms. The van der Waals surface area contributed by atoms with E-state index >= 15 is 0 Å². The van der Waals surface area contributed by atoms with Crippen molar-refractivity contribution in [2.24, 2.45) is 0 Å². The van der Waals surface area contributed by atoms with E-state index in [1.54, 1.807) is 28.8 Å². The fraction of sp³-hybridized carbons (Fsp3) is 0.111. The van der Waals surface area contributed by atoms with Gasteiger partial charge in [0.05, 0.1) is 5.56 Å². The van der Waals surface area contributed by atoms with E-state index in [-0.39, 0.29) is 5.75 Å². The molecule has 0 N–H and O–H groups in total. The molecular weight excluding hydrogens is 347 g/mol. The first-order valence-electron chi connectivity index (χ1n) is 7.46. The van der Waals surface area contributed by atoms with E-state index in [1.165, 1.54) is 30.0 Å². The lowest BCUT2D eigenvalue weighted by Gasteiger charge is -2.08. The highest BCUT2D eigenvalue weighted by molar-refractivity contribution is 7.98. The topological polar surface area (TPSA) is 30.7 Å². The standard InChI is InChI=1S/C18H14F3N3S/c1-2-9-24-17(14-5-3-4-6-15(14)20)22-23-18(24)25-11-12-7-8-13(19)10-16(12)21/h2-8,10H,1,9,11H2. The molecule has 3 nitrogen and oxygen atoms in total. The minimum Gasteiger partial charge on any atom is -0.298 e. The molecule has 0 bridgehead atoms. The molecule has 1 heterocycles. The Labute approximate surface area is 147 Å². The van der Waals surface area contributed by atoms with E-state index in [2.05, 4.69) is 16.8 Å². The minimum absolute atomic E-state index is 0.249. The van der Waals surface area contributed by atoms with E-state index < -0.39 is 17.5 Å². The average Bonchev–Trinajstić information content (AvgIpc) is 2.98. The molecule has 0 fully saturated rings. The Balaban J connectivity index is 1.89. The first kappa shape index (κ1) is 17.3. The van der Waals surface area contributed by atoms with Crippen LogP contribution in [0.5, 0.6) is 0 Å². The Bertz CT molecular complexity index is 908. The molecule has 0 saturated heterocycles. The van der Waals surface area contributed by atoms with Crippen molar-refractivity contribution in [1.82, 2.24) is 14.8 Å². The third-order valence-electron chi connectivity index (χ3n) is 3.52. The SMILES string of the molecule is C=CCn1c(SCc2ccc(F)cc2F)nnc1-c1ccccc1F. The molecule has 0 aliphatic rings. The van der Waals surface area contributed by atoms with Crippen LogP contribution in [0, 0.1) is 17.5 Å². The van der Waals surface area contributed by atoms with Crippen LogP contribution in [-0.2, 0) is 12.3 Å². The van der Waals surface area contributed by atoms with Crippen molar-refractivity contribution in [3.05, 3.63) is 78.1 Å². The van der Waals surface area contributed by atoms with Crippen LogP contribution in [0.3, 0.4) is 0 Å². The predicted octanol–water partition coefficient (Wildman–Crippen LogP) is 4.84. The maximum Gasteiger partial charge on any atom is 0.192 e. The van der Waals surface area contributed by atoms with Gasteiger partial charge >= 0.3 is 0 Å². The van der Waals surface area contributed by atoms with Crippen LogP contribution in [0.15, 0.2) is 60.3 Å². The lowest BCUT2D eigenvalue weighted by atomic mass is 10.2. The summed E-state index contributed by atoms with van der Waals surface area (Å²) in [6.07, 6.45) is 1.65. The summed E-state index contributed by atoms with van der Waals surface area (Å²) >= 11 is 1.24. The summed E-state index contributed by atoms with van der Waals surface area (Å²) in [6, 6.07) is 9.72. The summed E-state index contributed by atoms with van der Waals surface area (Å²) < 4.78 is 42.5. The number of aromatic nitrogens is 3.